The lowest BCUT2D eigenvalue weighted by Crippen LogP contribution is -2.38. The van der Waals surface area contributed by atoms with Crippen molar-refractivity contribution < 1.29 is 13.2 Å². The van der Waals surface area contributed by atoms with E-state index in [4.69, 9.17) is 0 Å². The van der Waals surface area contributed by atoms with Crippen molar-refractivity contribution >= 4 is 32.2 Å². The number of nitrogens with zero attached hydrogens (tertiary/aromatic N) is 3. The van der Waals surface area contributed by atoms with Crippen LogP contribution < -0.4 is 5.32 Å². The van der Waals surface area contributed by atoms with Crippen molar-refractivity contribution in [3.63, 3.8) is 0 Å². The molecular weight excluding hydrogens is 312 g/mol. The van der Waals surface area contributed by atoms with Crippen molar-refractivity contribution in [3.8, 4) is 0 Å². The van der Waals surface area contributed by atoms with Crippen LogP contribution in [0, 0.1) is 0 Å². The summed E-state index contributed by atoms with van der Waals surface area (Å²) in [5.74, 6) is 0.700. The second kappa shape index (κ2) is 5.62. The fraction of sp³-hybridized carbons (Fsp3) is 0.750. The normalized spacial score (nSPS) is 24.4. The van der Waals surface area contributed by atoms with E-state index in [-0.39, 0.29) is 30.0 Å². The van der Waals surface area contributed by atoms with E-state index in [9.17, 15) is 13.2 Å². The van der Waals surface area contributed by atoms with Gasteiger partial charge in [-0.15, -0.1) is 10.2 Å². The van der Waals surface area contributed by atoms with Gasteiger partial charge in [0.25, 0.3) is 0 Å². The summed E-state index contributed by atoms with van der Waals surface area (Å²) in [6.07, 6.45) is 2.90. The number of hydrogen-bond acceptors (Lipinski definition) is 7. The van der Waals surface area contributed by atoms with Gasteiger partial charge in [0.1, 0.15) is 5.01 Å². The van der Waals surface area contributed by atoms with Crippen molar-refractivity contribution in [2.24, 2.45) is 0 Å². The molecule has 1 amide bonds. The molecule has 1 atom stereocenters. The number of sulfone groups is 1. The van der Waals surface area contributed by atoms with Gasteiger partial charge in [-0.25, -0.2) is 8.42 Å². The Balaban J connectivity index is 1.51. The highest BCUT2D eigenvalue weighted by Crippen LogP contribution is 2.42. The first-order chi connectivity index (χ1) is 9.93. The number of likely N-dealkylation sites (N-methyl/N-ethyl adjacent to an activating group) is 1. The van der Waals surface area contributed by atoms with E-state index in [0.29, 0.717) is 17.5 Å². The van der Waals surface area contributed by atoms with Crippen LogP contribution in [0.2, 0.25) is 0 Å². The molecule has 1 aromatic rings. The van der Waals surface area contributed by atoms with Gasteiger partial charge in [-0.05, 0) is 26.3 Å². The van der Waals surface area contributed by atoms with E-state index >= 15 is 0 Å². The summed E-state index contributed by atoms with van der Waals surface area (Å²) in [5.41, 5.74) is 0. The van der Waals surface area contributed by atoms with Gasteiger partial charge >= 0.3 is 0 Å². The highest BCUT2D eigenvalue weighted by molar-refractivity contribution is 7.91. The second-order valence-corrected chi connectivity index (χ2v) is 8.98. The van der Waals surface area contributed by atoms with Crippen LogP contribution in [0.4, 0.5) is 5.13 Å². The molecule has 7 nitrogen and oxygen atoms in total. The standard InChI is InChI=1S/C12H18N4O3S2/c1-16(9-4-5-21(18,19)7-9)6-10(17)13-12-15-14-11(20-12)8-2-3-8/h8-9H,2-7H2,1H3,(H,13,15,17). The molecule has 1 saturated carbocycles. The smallest absolute Gasteiger partial charge is 0.240 e. The minimum absolute atomic E-state index is 0.0720. The number of carbonyl (C=O) groups excluding carboxylic acids is 1. The Hall–Kier alpha value is -1.06. The van der Waals surface area contributed by atoms with Gasteiger partial charge < -0.3 is 0 Å². The average molecular weight is 330 g/mol. The van der Waals surface area contributed by atoms with E-state index in [2.05, 4.69) is 15.5 Å². The van der Waals surface area contributed by atoms with E-state index < -0.39 is 9.84 Å². The van der Waals surface area contributed by atoms with Crippen molar-refractivity contribution in [2.75, 3.05) is 30.4 Å². The number of anilines is 1. The molecule has 1 N–H and O–H groups in total. The first kappa shape index (κ1) is 14.9. The number of rotatable bonds is 5. The summed E-state index contributed by atoms with van der Waals surface area (Å²) in [6, 6.07) is -0.0720. The minimum Gasteiger partial charge on any atom is -0.299 e. The summed E-state index contributed by atoms with van der Waals surface area (Å²) in [5, 5.41) is 12.3. The zero-order valence-electron chi connectivity index (χ0n) is 11.8. The molecule has 1 unspecified atom stereocenters. The molecule has 21 heavy (non-hydrogen) atoms. The summed E-state index contributed by atoms with van der Waals surface area (Å²) in [6.45, 7) is 0.165. The number of amides is 1. The highest BCUT2D eigenvalue weighted by Gasteiger charge is 2.31. The topological polar surface area (TPSA) is 92.3 Å². The van der Waals surface area contributed by atoms with Gasteiger partial charge in [0.15, 0.2) is 9.84 Å². The Labute approximate surface area is 127 Å². The predicted molar refractivity (Wildman–Crippen MR) is 80.2 cm³/mol. The van der Waals surface area contributed by atoms with Crippen LogP contribution in [0.5, 0.6) is 0 Å². The third kappa shape index (κ3) is 3.78. The maximum absolute atomic E-state index is 12.0. The van der Waals surface area contributed by atoms with Crippen molar-refractivity contribution in [1.29, 1.82) is 0 Å². The molecule has 9 heteroatoms. The molecule has 0 spiro atoms. The lowest BCUT2D eigenvalue weighted by molar-refractivity contribution is -0.117. The molecule has 0 aromatic carbocycles. The largest absolute Gasteiger partial charge is 0.299 e. The SMILES string of the molecule is CN(CC(=O)Nc1nnc(C2CC2)s1)C1CCS(=O)(=O)C1. The van der Waals surface area contributed by atoms with Crippen molar-refractivity contribution in [2.45, 2.75) is 31.2 Å². The maximum atomic E-state index is 12.0. The molecule has 1 aliphatic heterocycles. The molecule has 1 saturated heterocycles. The average Bonchev–Trinajstić information content (AvgIpc) is 3.04. The molecule has 1 aromatic heterocycles. The zero-order valence-corrected chi connectivity index (χ0v) is 13.4. The van der Waals surface area contributed by atoms with Crippen LogP contribution >= 0.6 is 11.3 Å². The van der Waals surface area contributed by atoms with Crippen LogP contribution in [0.1, 0.15) is 30.2 Å². The van der Waals surface area contributed by atoms with Gasteiger partial charge in [0.05, 0.1) is 18.1 Å². The van der Waals surface area contributed by atoms with Gasteiger partial charge in [0, 0.05) is 12.0 Å². The second-order valence-electron chi connectivity index (χ2n) is 5.74. The van der Waals surface area contributed by atoms with Gasteiger partial charge in [-0.3, -0.25) is 15.0 Å². The Morgan fingerprint density at radius 2 is 2.14 bits per heavy atom. The van der Waals surface area contributed by atoms with E-state index in [1.165, 1.54) is 11.3 Å². The first-order valence-electron chi connectivity index (χ1n) is 6.97. The van der Waals surface area contributed by atoms with Crippen molar-refractivity contribution in [3.05, 3.63) is 5.01 Å². The Kier molecular flexibility index (Phi) is 3.98. The summed E-state index contributed by atoms with van der Waals surface area (Å²) >= 11 is 1.42. The number of carbonyl (C=O) groups is 1. The lowest BCUT2D eigenvalue weighted by atomic mass is 10.2. The lowest BCUT2D eigenvalue weighted by Gasteiger charge is -2.21. The molecule has 3 rings (SSSR count). The minimum atomic E-state index is -2.93. The van der Waals surface area contributed by atoms with Crippen LogP contribution in [0.25, 0.3) is 0 Å². The predicted octanol–water partition coefficient (Wildman–Crippen LogP) is 0.473. The third-order valence-corrected chi connectivity index (χ3v) is 6.59. The zero-order chi connectivity index (χ0) is 15.0. The molecule has 2 aliphatic rings. The first-order valence-corrected chi connectivity index (χ1v) is 9.60. The molecule has 0 radical (unpaired) electrons. The molecule has 116 valence electrons. The molecule has 2 heterocycles. The van der Waals surface area contributed by atoms with E-state index in [0.717, 1.165) is 17.8 Å². The van der Waals surface area contributed by atoms with Crippen LogP contribution in [0.3, 0.4) is 0 Å². The molecule has 0 bridgehead atoms. The maximum Gasteiger partial charge on any atom is 0.240 e. The fourth-order valence-corrected chi connectivity index (χ4v) is 5.15. The highest BCUT2D eigenvalue weighted by atomic mass is 32.2. The van der Waals surface area contributed by atoms with Gasteiger partial charge in [0.2, 0.25) is 11.0 Å². The van der Waals surface area contributed by atoms with E-state index in [1.54, 1.807) is 11.9 Å². The van der Waals surface area contributed by atoms with Crippen LogP contribution in [-0.2, 0) is 14.6 Å². The van der Waals surface area contributed by atoms with Crippen LogP contribution in [-0.4, -0.2) is 60.6 Å². The third-order valence-electron chi connectivity index (χ3n) is 3.84. The van der Waals surface area contributed by atoms with Gasteiger partial charge in [-0.2, -0.15) is 0 Å². The number of aromatic nitrogens is 2. The quantitative estimate of drug-likeness (QED) is 0.844. The Bertz CT molecular complexity index is 639. The summed E-state index contributed by atoms with van der Waals surface area (Å²) in [4.78, 5) is 13.8. The van der Waals surface area contributed by atoms with E-state index in [1.807, 2.05) is 0 Å². The van der Waals surface area contributed by atoms with Crippen LogP contribution in [0.15, 0.2) is 0 Å². The Morgan fingerprint density at radius 1 is 1.38 bits per heavy atom. The molecule has 1 aliphatic carbocycles. The van der Waals surface area contributed by atoms with Gasteiger partial charge in [-0.1, -0.05) is 11.3 Å². The number of nitrogens with one attached hydrogen (secondary N) is 1. The Morgan fingerprint density at radius 3 is 2.76 bits per heavy atom. The van der Waals surface area contributed by atoms with Crippen molar-refractivity contribution in [1.82, 2.24) is 15.1 Å². The number of hydrogen-bond donors (Lipinski definition) is 1. The molecule has 2 fully saturated rings. The monoisotopic (exact) mass is 330 g/mol. The summed E-state index contributed by atoms with van der Waals surface area (Å²) < 4.78 is 22.9. The fourth-order valence-electron chi connectivity index (χ4n) is 2.42. The summed E-state index contributed by atoms with van der Waals surface area (Å²) in [7, 11) is -1.15. The molecular formula is C12H18N4O3S2.